The van der Waals surface area contributed by atoms with Crippen molar-refractivity contribution >= 4 is 27.8 Å². The number of rotatable bonds is 5. The Morgan fingerprint density at radius 1 is 1.45 bits per heavy atom. The second-order valence-electron chi connectivity index (χ2n) is 5.90. The molecule has 1 unspecified atom stereocenters. The van der Waals surface area contributed by atoms with Crippen molar-refractivity contribution in [3.8, 4) is 0 Å². The van der Waals surface area contributed by atoms with Gasteiger partial charge in [0.2, 0.25) is 5.91 Å². The standard InChI is InChI=1S/C17H22BrNO3/c1-2-13(9-12-5-3-7-15(18)10-12)16(20)19-8-4-6-14(11-19)17(21)22/h3,5,7,10,13-14H,2,4,6,8-9,11H2,1H3,(H,21,22)/t13?,14-/m0/s1. The summed E-state index contributed by atoms with van der Waals surface area (Å²) in [4.78, 5) is 25.6. The number of carbonyl (C=O) groups is 2. The average Bonchev–Trinajstić information content (AvgIpc) is 2.52. The van der Waals surface area contributed by atoms with Crippen molar-refractivity contribution in [2.75, 3.05) is 13.1 Å². The number of carboxylic acid groups (broad SMARTS) is 1. The maximum absolute atomic E-state index is 12.7. The number of hydrogen-bond donors (Lipinski definition) is 1. The SMILES string of the molecule is CCC(Cc1cccc(Br)c1)C(=O)N1CCC[C@H](C(=O)O)C1. The van der Waals surface area contributed by atoms with E-state index in [0.717, 1.165) is 22.9 Å². The third-order valence-corrected chi connectivity index (χ3v) is 4.79. The molecule has 1 aliphatic rings. The summed E-state index contributed by atoms with van der Waals surface area (Å²) in [6, 6.07) is 8.00. The second kappa shape index (κ2) is 7.77. The Hall–Kier alpha value is -1.36. The highest BCUT2D eigenvalue weighted by molar-refractivity contribution is 9.10. The van der Waals surface area contributed by atoms with Gasteiger partial charge in [0.05, 0.1) is 5.92 Å². The molecule has 0 spiro atoms. The van der Waals surface area contributed by atoms with E-state index in [-0.39, 0.29) is 11.8 Å². The zero-order chi connectivity index (χ0) is 16.1. The molecule has 1 amide bonds. The molecular weight excluding hydrogens is 346 g/mol. The van der Waals surface area contributed by atoms with Crippen LogP contribution in [0.3, 0.4) is 0 Å². The van der Waals surface area contributed by atoms with E-state index in [2.05, 4.69) is 15.9 Å². The topological polar surface area (TPSA) is 57.6 Å². The molecule has 0 aromatic heterocycles. The molecule has 1 aromatic carbocycles. The van der Waals surface area contributed by atoms with Gasteiger partial charge in [0, 0.05) is 23.5 Å². The maximum Gasteiger partial charge on any atom is 0.308 e. The summed E-state index contributed by atoms with van der Waals surface area (Å²) in [5.41, 5.74) is 1.13. The molecular formula is C17H22BrNO3. The summed E-state index contributed by atoms with van der Waals surface area (Å²) < 4.78 is 1.01. The van der Waals surface area contributed by atoms with Crippen LogP contribution in [0.15, 0.2) is 28.7 Å². The average molecular weight is 368 g/mol. The third-order valence-electron chi connectivity index (χ3n) is 4.30. The van der Waals surface area contributed by atoms with E-state index in [9.17, 15) is 9.59 Å². The Kier molecular flexibility index (Phi) is 6.00. The fourth-order valence-corrected chi connectivity index (χ4v) is 3.44. The van der Waals surface area contributed by atoms with Gasteiger partial charge in [-0.15, -0.1) is 0 Å². The van der Waals surface area contributed by atoms with Gasteiger partial charge in [0.25, 0.3) is 0 Å². The molecule has 22 heavy (non-hydrogen) atoms. The van der Waals surface area contributed by atoms with Gasteiger partial charge < -0.3 is 10.0 Å². The molecule has 1 saturated heterocycles. The molecule has 120 valence electrons. The summed E-state index contributed by atoms with van der Waals surface area (Å²) >= 11 is 3.45. The Morgan fingerprint density at radius 2 is 2.23 bits per heavy atom. The molecule has 1 heterocycles. The molecule has 1 aliphatic heterocycles. The van der Waals surface area contributed by atoms with E-state index < -0.39 is 11.9 Å². The summed E-state index contributed by atoms with van der Waals surface area (Å²) in [7, 11) is 0. The molecule has 2 atom stereocenters. The molecule has 0 aliphatic carbocycles. The van der Waals surface area contributed by atoms with E-state index >= 15 is 0 Å². The largest absolute Gasteiger partial charge is 0.481 e. The summed E-state index contributed by atoms with van der Waals surface area (Å²) in [6.07, 6.45) is 2.90. The molecule has 0 bridgehead atoms. The zero-order valence-electron chi connectivity index (χ0n) is 12.8. The summed E-state index contributed by atoms with van der Waals surface area (Å²) in [5, 5.41) is 9.16. The van der Waals surface area contributed by atoms with Crippen molar-refractivity contribution in [1.82, 2.24) is 4.90 Å². The minimum absolute atomic E-state index is 0.0816. The lowest BCUT2D eigenvalue weighted by Crippen LogP contribution is -2.45. The predicted molar refractivity (Wildman–Crippen MR) is 88.6 cm³/mol. The number of halogens is 1. The van der Waals surface area contributed by atoms with Gasteiger partial charge in [0.1, 0.15) is 0 Å². The van der Waals surface area contributed by atoms with Crippen LogP contribution in [0.1, 0.15) is 31.7 Å². The van der Waals surface area contributed by atoms with Gasteiger partial charge in [-0.25, -0.2) is 0 Å². The number of carbonyl (C=O) groups excluding carboxylic acids is 1. The van der Waals surface area contributed by atoms with E-state index in [1.807, 2.05) is 31.2 Å². The van der Waals surface area contributed by atoms with Crippen LogP contribution in [0, 0.1) is 11.8 Å². The molecule has 0 radical (unpaired) electrons. The van der Waals surface area contributed by atoms with E-state index in [0.29, 0.717) is 25.9 Å². The number of benzene rings is 1. The second-order valence-corrected chi connectivity index (χ2v) is 6.82. The number of nitrogens with zero attached hydrogens (tertiary/aromatic N) is 1. The quantitative estimate of drug-likeness (QED) is 0.867. The van der Waals surface area contributed by atoms with Crippen molar-refractivity contribution in [1.29, 1.82) is 0 Å². The van der Waals surface area contributed by atoms with Crippen LogP contribution in [0.2, 0.25) is 0 Å². The van der Waals surface area contributed by atoms with Crippen LogP contribution in [0.4, 0.5) is 0 Å². The van der Waals surface area contributed by atoms with Crippen LogP contribution < -0.4 is 0 Å². The minimum atomic E-state index is -0.794. The normalized spacial score (nSPS) is 19.7. The number of carboxylic acids is 1. The van der Waals surface area contributed by atoms with Crippen molar-refractivity contribution in [3.05, 3.63) is 34.3 Å². The highest BCUT2D eigenvalue weighted by Gasteiger charge is 2.31. The lowest BCUT2D eigenvalue weighted by molar-refractivity contribution is -0.146. The Balaban J connectivity index is 2.03. The summed E-state index contributed by atoms with van der Waals surface area (Å²) in [5.74, 6) is -1.20. The zero-order valence-corrected chi connectivity index (χ0v) is 14.4. The van der Waals surface area contributed by atoms with Gasteiger partial charge in [-0.2, -0.15) is 0 Å². The van der Waals surface area contributed by atoms with Crippen molar-refractivity contribution in [2.45, 2.75) is 32.6 Å². The number of likely N-dealkylation sites (tertiary alicyclic amines) is 1. The molecule has 1 fully saturated rings. The number of aliphatic carboxylic acids is 1. The van der Waals surface area contributed by atoms with Crippen molar-refractivity contribution < 1.29 is 14.7 Å². The maximum atomic E-state index is 12.7. The number of hydrogen-bond acceptors (Lipinski definition) is 2. The molecule has 1 N–H and O–H groups in total. The Labute approximate surface area is 139 Å². The fourth-order valence-electron chi connectivity index (χ4n) is 2.99. The highest BCUT2D eigenvalue weighted by Crippen LogP contribution is 2.22. The van der Waals surface area contributed by atoms with Gasteiger partial charge in [-0.1, -0.05) is 35.0 Å². The third kappa shape index (κ3) is 4.32. The van der Waals surface area contributed by atoms with Crippen molar-refractivity contribution in [2.24, 2.45) is 11.8 Å². The Bertz CT molecular complexity index is 546. The number of amides is 1. The molecule has 0 saturated carbocycles. The van der Waals surface area contributed by atoms with Gasteiger partial charge in [0.15, 0.2) is 0 Å². The van der Waals surface area contributed by atoms with Crippen LogP contribution in [0.5, 0.6) is 0 Å². The van der Waals surface area contributed by atoms with Crippen LogP contribution in [0.25, 0.3) is 0 Å². The van der Waals surface area contributed by atoms with E-state index in [1.54, 1.807) is 4.90 Å². The minimum Gasteiger partial charge on any atom is -0.481 e. The lowest BCUT2D eigenvalue weighted by Gasteiger charge is -2.33. The molecule has 2 rings (SSSR count). The molecule has 1 aromatic rings. The first-order chi connectivity index (χ1) is 10.5. The van der Waals surface area contributed by atoms with Crippen LogP contribution in [-0.4, -0.2) is 35.0 Å². The van der Waals surface area contributed by atoms with E-state index in [4.69, 9.17) is 5.11 Å². The van der Waals surface area contributed by atoms with Gasteiger partial charge >= 0.3 is 5.97 Å². The smallest absolute Gasteiger partial charge is 0.308 e. The van der Waals surface area contributed by atoms with Gasteiger partial charge in [-0.3, -0.25) is 9.59 Å². The first kappa shape index (κ1) is 17.0. The first-order valence-electron chi connectivity index (χ1n) is 7.77. The first-order valence-corrected chi connectivity index (χ1v) is 8.56. The highest BCUT2D eigenvalue weighted by atomic mass is 79.9. The Morgan fingerprint density at radius 3 is 2.86 bits per heavy atom. The lowest BCUT2D eigenvalue weighted by atomic mass is 9.92. The van der Waals surface area contributed by atoms with Crippen LogP contribution in [-0.2, 0) is 16.0 Å². The fraction of sp³-hybridized carbons (Fsp3) is 0.529. The monoisotopic (exact) mass is 367 g/mol. The van der Waals surface area contributed by atoms with E-state index in [1.165, 1.54) is 0 Å². The molecule has 4 nitrogen and oxygen atoms in total. The molecule has 5 heteroatoms. The van der Waals surface area contributed by atoms with Gasteiger partial charge in [-0.05, 0) is 43.4 Å². The summed E-state index contributed by atoms with van der Waals surface area (Å²) in [6.45, 7) is 3.04. The van der Waals surface area contributed by atoms with Crippen LogP contribution >= 0.6 is 15.9 Å². The number of piperidine rings is 1. The predicted octanol–water partition coefficient (Wildman–Crippen LogP) is 3.34. The van der Waals surface area contributed by atoms with Crippen molar-refractivity contribution in [3.63, 3.8) is 0 Å².